The van der Waals surface area contributed by atoms with Crippen molar-refractivity contribution in [2.75, 3.05) is 0 Å². The minimum atomic E-state index is 0.0285. The number of fused-ring (bicyclic) bond motifs is 5. The predicted molar refractivity (Wildman–Crippen MR) is 120 cm³/mol. The lowest BCUT2D eigenvalue weighted by atomic mass is 9.91. The molecule has 2 aromatic carbocycles. The smallest absolute Gasteiger partial charge is 0.189 e. The molecule has 4 rings (SSSR count). The average Bonchev–Trinajstić information content (AvgIpc) is 2.89. The molecule has 0 bridgehead atoms. The highest BCUT2D eigenvalue weighted by molar-refractivity contribution is 5.95. The van der Waals surface area contributed by atoms with Crippen LogP contribution in [0.3, 0.4) is 0 Å². The Morgan fingerprint density at radius 1 is 0.893 bits per heavy atom. The van der Waals surface area contributed by atoms with Crippen molar-refractivity contribution in [2.45, 2.75) is 64.8 Å². The fourth-order valence-electron chi connectivity index (χ4n) is 4.70. The van der Waals surface area contributed by atoms with Crippen molar-refractivity contribution in [1.29, 1.82) is 0 Å². The van der Waals surface area contributed by atoms with Gasteiger partial charge in [0.2, 0.25) is 5.69 Å². The summed E-state index contributed by atoms with van der Waals surface area (Å²) in [6.45, 7) is 6.90. The molecule has 0 saturated carbocycles. The molecule has 1 aliphatic rings. The van der Waals surface area contributed by atoms with Crippen molar-refractivity contribution in [3.63, 3.8) is 0 Å². The van der Waals surface area contributed by atoms with Gasteiger partial charge in [0.05, 0.1) is 10.9 Å². The molecule has 1 aromatic heterocycles. The third-order valence-electron chi connectivity index (χ3n) is 6.58. The zero-order valence-corrected chi connectivity index (χ0v) is 17.5. The molecule has 0 fully saturated rings. The molecule has 1 nitrogen and oxygen atoms in total. The Bertz CT molecular complexity index is 1010. The molecule has 144 valence electrons. The monoisotopic (exact) mass is 370 g/mol. The summed E-state index contributed by atoms with van der Waals surface area (Å²) in [6, 6.07) is 18.2. The van der Waals surface area contributed by atoms with E-state index in [-0.39, 0.29) is 5.54 Å². The number of allylic oxidation sites excluding steroid dienone is 1. The van der Waals surface area contributed by atoms with E-state index in [1.165, 1.54) is 58.8 Å². The molecule has 0 unspecified atom stereocenters. The molecular formula is C27H32N+. The van der Waals surface area contributed by atoms with Crippen LogP contribution in [0.5, 0.6) is 0 Å². The molecule has 1 heteroatoms. The molecule has 2 heterocycles. The second-order valence-corrected chi connectivity index (χ2v) is 8.14. The second-order valence-electron chi connectivity index (χ2n) is 8.14. The minimum absolute atomic E-state index is 0.0285. The van der Waals surface area contributed by atoms with E-state index in [9.17, 15) is 0 Å². The van der Waals surface area contributed by atoms with E-state index in [1.54, 1.807) is 0 Å². The quantitative estimate of drug-likeness (QED) is 0.323. The van der Waals surface area contributed by atoms with E-state index >= 15 is 0 Å². The Hall–Kier alpha value is -2.41. The summed E-state index contributed by atoms with van der Waals surface area (Å²) < 4.78 is 2.55. The number of hydrogen-bond acceptors (Lipinski definition) is 0. The van der Waals surface area contributed by atoms with Crippen molar-refractivity contribution in [1.82, 2.24) is 0 Å². The largest absolute Gasteiger partial charge is 0.221 e. The molecule has 0 amide bonds. The molecule has 0 atom stereocenters. The second kappa shape index (κ2) is 7.91. The van der Waals surface area contributed by atoms with Crippen LogP contribution in [-0.4, -0.2) is 0 Å². The van der Waals surface area contributed by atoms with E-state index < -0.39 is 0 Å². The van der Waals surface area contributed by atoms with Gasteiger partial charge in [0, 0.05) is 18.9 Å². The molecule has 0 N–H and O–H groups in total. The maximum atomic E-state index is 2.55. The van der Waals surface area contributed by atoms with E-state index in [1.807, 2.05) is 0 Å². The summed E-state index contributed by atoms with van der Waals surface area (Å²) in [5.41, 5.74) is 5.58. The highest BCUT2D eigenvalue weighted by Crippen LogP contribution is 2.36. The number of nitrogens with zero attached hydrogens (tertiary/aromatic N) is 1. The van der Waals surface area contributed by atoms with Crippen molar-refractivity contribution in [3.05, 3.63) is 71.9 Å². The van der Waals surface area contributed by atoms with E-state index in [0.29, 0.717) is 0 Å². The third kappa shape index (κ3) is 3.17. The molecule has 28 heavy (non-hydrogen) atoms. The van der Waals surface area contributed by atoms with Crippen molar-refractivity contribution < 1.29 is 4.57 Å². The Morgan fingerprint density at radius 2 is 1.71 bits per heavy atom. The van der Waals surface area contributed by atoms with Crippen LogP contribution in [0.15, 0.2) is 60.8 Å². The zero-order valence-electron chi connectivity index (χ0n) is 17.5. The molecule has 0 radical (unpaired) electrons. The number of unbranched alkanes of at least 4 members (excludes halogenated alkanes) is 2. The molecule has 1 aliphatic heterocycles. The number of aromatic nitrogens is 1. The summed E-state index contributed by atoms with van der Waals surface area (Å²) in [5, 5.41) is 2.67. The van der Waals surface area contributed by atoms with Gasteiger partial charge in [-0.3, -0.25) is 0 Å². The maximum absolute atomic E-state index is 2.55. The molecule has 3 aromatic rings. The topological polar surface area (TPSA) is 3.88 Å². The van der Waals surface area contributed by atoms with E-state index in [0.717, 1.165) is 12.8 Å². The lowest BCUT2D eigenvalue weighted by molar-refractivity contribution is -0.742. The van der Waals surface area contributed by atoms with Crippen LogP contribution in [0.25, 0.3) is 28.1 Å². The maximum Gasteiger partial charge on any atom is 0.221 e. The minimum Gasteiger partial charge on any atom is -0.189 e. The highest BCUT2D eigenvalue weighted by Gasteiger charge is 2.39. The van der Waals surface area contributed by atoms with Crippen molar-refractivity contribution >= 4 is 16.8 Å². The fraction of sp³-hybridized carbons (Fsp3) is 0.370. The Kier molecular flexibility index (Phi) is 5.35. The average molecular weight is 371 g/mol. The molecule has 0 aliphatic carbocycles. The Labute approximate surface area is 169 Å². The van der Waals surface area contributed by atoms with Crippen LogP contribution in [-0.2, 0) is 12.0 Å². The van der Waals surface area contributed by atoms with Crippen LogP contribution in [0, 0.1) is 0 Å². The van der Waals surface area contributed by atoms with Gasteiger partial charge in [-0.15, -0.1) is 0 Å². The first-order valence-electron chi connectivity index (χ1n) is 11.0. The summed E-state index contributed by atoms with van der Waals surface area (Å²) in [6.07, 6.45) is 14.3. The SMILES string of the molecule is CCCCCc1ccc2c(c1)-c1c3ccccc3cc[n+]1C(CC)(CC)C=C2. The molecule has 0 saturated heterocycles. The normalized spacial score (nSPS) is 14.5. The zero-order chi connectivity index (χ0) is 19.6. The van der Waals surface area contributed by atoms with Crippen molar-refractivity contribution in [2.24, 2.45) is 0 Å². The standard InChI is InChI=1S/C27H32N/c1-4-7-8-11-21-14-15-23-16-18-27(5-2,6-3)28-19-17-22-12-9-10-13-24(22)26(28)25(23)20-21/h9-10,12-20H,4-8,11H2,1-3H3/q+1. The first kappa shape index (κ1) is 18.9. The van der Waals surface area contributed by atoms with Crippen LogP contribution in [0.4, 0.5) is 0 Å². The summed E-state index contributed by atoms with van der Waals surface area (Å²) >= 11 is 0. The van der Waals surface area contributed by atoms with Gasteiger partial charge in [-0.2, -0.15) is 4.57 Å². The van der Waals surface area contributed by atoms with Gasteiger partial charge in [-0.1, -0.05) is 70.0 Å². The lowest BCUT2D eigenvalue weighted by Crippen LogP contribution is -2.55. The van der Waals surface area contributed by atoms with Crippen LogP contribution in [0.2, 0.25) is 0 Å². The summed E-state index contributed by atoms with van der Waals surface area (Å²) in [7, 11) is 0. The van der Waals surface area contributed by atoms with Gasteiger partial charge < -0.3 is 0 Å². The van der Waals surface area contributed by atoms with Gasteiger partial charge in [0.25, 0.3) is 0 Å². The first-order chi connectivity index (χ1) is 13.7. The molecule has 0 spiro atoms. The lowest BCUT2D eigenvalue weighted by Gasteiger charge is -2.24. The number of rotatable bonds is 6. The fourth-order valence-corrected chi connectivity index (χ4v) is 4.70. The van der Waals surface area contributed by atoms with Gasteiger partial charge in [0.15, 0.2) is 11.7 Å². The third-order valence-corrected chi connectivity index (χ3v) is 6.58. The number of hydrogen-bond donors (Lipinski definition) is 0. The number of benzene rings is 2. The summed E-state index contributed by atoms with van der Waals surface area (Å²) in [4.78, 5) is 0. The van der Waals surface area contributed by atoms with Crippen LogP contribution >= 0.6 is 0 Å². The van der Waals surface area contributed by atoms with E-state index in [4.69, 9.17) is 0 Å². The van der Waals surface area contributed by atoms with Crippen LogP contribution < -0.4 is 4.57 Å². The van der Waals surface area contributed by atoms with Gasteiger partial charge in [-0.25, -0.2) is 0 Å². The van der Waals surface area contributed by atoms with Gasteiger partial charge in [-0.05, 0) is 47.6 Å². The number of pyridine rings is 1. The number of aryl methyl sites for hydroxylation is 1. The van der Waals surface area contributed by atoms with Crippen LogP contribution in [0.1, 0.15) is 64.0 Å². The highest BCUT2D eigenvalue weighted by atomic mass is 15.1. The van der Waals surface area contributed by atoms with Gasteiger partial charge in [0.1, 0.15) is 0 Å². The van der Waals surface area contributed by atoms with Gasteiger partial charge >= 0.3 is 0 Å². The first-order valence-corrected chi connectivity index (χ1v) is 11.0. The Morgan fingerprint density at radius 3 is 2.50 bits per heavy atom. The van der Waals surface area contributed by atoms with E-state index in [2.05, 4.69) is 92.2 Å². The summed E-state index contributed by atoms with van der Waals surface area (Å²) in [5.74, 6) is 0. The Balaban J connectivity index is 1.98. The van der Waals surface area contributed by atoms with Crippen molar-refractivity contribution in [3.8, 4) is 11.3 Å². The molecular weight excluding hydrogens is 338 g/mol. The predicted octanol–water partition coefficient (Wildman–Crippen LogP) is 7.07.